The van der Waals surface area contributed by atoms with Crippen molar-refractivity contribution in [3.05, 3.63) is 24.0 Å². The second-order valence-corrected chi connectivity index (χ2v) is 4.39. The molecule has 0 radical (unpaired) electrons. The lowest BCUT2D eigenvalue weighted by Gasteiger charge is -2.15. The highest BCUT2D eigenvalue weighted by Crippen LogP contribution is 2.25. The zero-order valence-corrected chi connectivity index (χ0v) is 10.7. The molecule has 1 heterocycles. The molecular weight excluding hydrogens is 200 g/mol. The van der Waals surface area contributed by atoms with Crippen LogP contribution in [0.1, 0.15) is 38.8 Å². The SMILES string of the molecule is COc1cccnc1C(C)CCNC(C)C. The first kappa shape index (κ1) is 13.0. The molecule has 16 heavy (non-hydrogen) atoms. The van der Waals surface area contributed by atoms with Crippen LogP contribution in [-0.2, 0) is 0 Å². The molecule has 1 atom stereocenters. The summed E-state index contributed by atoms with van der Waals surface area (Å²) < 4.78 is 5.31. The van der Waals surface area contributed by atoms with Crippen LogP contribution in [0.15, 0.2) is 18.3 Å². The van der Waals surface area contributed by atoms with Crippen LogP contribution in [0.5, 0.6) is 5.75 Å². The van der Waals surface area contributed by atoms with Crippen molar-refractivity contribution in [3.63, 3.8) is 0 Å². The number of ether oxygens (including phenoxy) is 1. The van der Waals surface area contributed by atoms with Gasteiger partial charge < -0.3 is 10.1 Å². The molecule has 1 N–H and O–H groups in total. The predicted molar refractivity (Wildman–Crippen MR) is 67.0 cm³/mol. The zero-order chi connectivity index (χ0) is 12.0. The summed E-state index contributed by atoms with van der Waals surface area (Å²) in [6.45, 7) is 7.52. The summed E-state index contributed by atoms with van der Waals surface area (Å²) in [5.41, 5.74) is 1.05. The van der Waals surface area contributed by atoms with E-state index in [0.29, 0.717) is 12.0 Å². The molecule has 0 saturated heterocycles. The van der Waals surface area contributed by atoms with Crippen LogP contribution in [-0.4, -0.2) is 24.7 Å². The van der Waals surface area contributed by atoms with Crippen molar-refractivity contribution in [1.29, 1.82) is 0 Å². The van der Waals surface area contributed by atoms with Gasteiger partial charge in [0.25, 0.3) is 0 Å². The van der Waals surface area contributed by atoms with Gasteiger partial charge in [-0.25, -0.2) is 0 Å². The molecule has 0 aliphatic heterocycles. The molecule has 0 bridgehead atoms. The van der Waals surface area contributed by atoms with Gasteiger partial charge in [0.2, 0.25) is 0 Å². The highest BCUT2D eigenvalue weighted by molar-refractivity contribution is 5.29. The molecule has 0 aliphatic carbocycles. The number of nitrogens with zero attached hydrogens (tertiary/aromatic N) is 1. The van der Waals surface area contributed by atoms with E-state index >= 15 is 0 Å². The number of hydrogen-bond donors (Lipinski definition) is 1. The van der Waals surface area contributed by atoms with Crippen molar-refractivity contribution < 1.29 is 4.74 Å². The van der Waals surface area contributed by atoms with E-state index in [1.54, 1.807) is 7.11 Å². The van der Waals surface area contributed by atoms with Crippen molar-refractivity contribution in [2.45, 2.75) is 39.2 Å². The molecule has 1 aromatic rings. The number of pyridine rings is 1. The number of aromatic nitrogens is 1. The summed E-state index contributed by atoms with van der Waals surface area (Å²) >= 11 is 0. The van der Waals surface area contributed by atoms with Crippen LogP contribution >= 0.6 is 0 Å². The predicted octanol–water partition coefficient (Wildman–Crippen LogP) is 2.58. The average Bonchev–Trinajstić information content (AvgIpc) is 2.28. The van der Waals surface area contributed by atoms with Gasteiger partial charge in [0.15, 0.2) is 0 Å². The van der Waals surface area contributed by atoms with Crippen LogP contribution in [0.2, 0.25) is 0 Å². The van der Waals surface area contributed by atoms with Gasteiger partial charge in [0.1, 0.15) is 5.75 Å². The Bertz CT molecular complexity index is 313. The van der Waals surface area contributed by atoms with Crippen LogP contribution in [0, 0.1) is 0 Å². The zero-order valence-electron chi connectivity index (χ0n) is 10.7. The van der Waals surface area contributed by atoms with E-state index in [9.17, 15) is 0 Å². The summed E-state index contributed by atoms with van der Waals surface area (Å²) in [6, 6.07) is 4.41. The Morgan fingerprint density at radius 1 is 1.38 bits per heavy atom. The summed E-state index contributed by atoms with van der Waals surface area (Å²) in [5, 5.41) is 3.42. The molecule has 0 saturated carbocycles. The Kier molecular flexibility index (Phi) is 5.26. The fraction of sp³-hybridized carbons (Fsp3) is 0.615. The van der Waals surface area contributed by atoms with Gasteiger partial charge in [-0.3, -0.25) is 4.98 Å². The van der Waals surface area contributed by atoms with Crippen molar-refractivity contribution >= 4 is 0 Å². The van der Waals surface area contributed by atoms with Crippen molar-refractivity contribution in [2.24, 2.45) is 0 Å². The minimum atomic E-state index is 0.419. The second-order valence-electron chi connectivity index (χ2n) is 4.39. The molecule has 1 aromatic heterocycles. The van der Waals surface area contributed by atoms with Gasteiger partial charge in [0, 0.05) is 18.2 Å². The van der Waals surface area contributed by atoms with Crippen molar-refractivity contribution in [2.75, 3.05) is 13.7 Å². The molecular formula is C13H22N2O. The van der Waals surface area contributed by atoms with E-state index in [0.717, 1.165) is 24.4 Å². The number of methoxy groups -OCH3 is 1. The van der Waals surface area contributed by atoms with E-state index in [1.807, 2.05) is 18.3 Å². The first-order valence-electron chi connectivity index (χ1n) is 5.87. The molecule has 0 aliphatic rings. The van der Waals surface area contributed by atoms with Crippen LogP contribution in [0.4, 0.5) is 0 Å². The highest BCUT2D eigenvalue weighted by atomic mass is 16.5. The summed E-state index contributed by atoms with van der Waals surface area (Å²) in [6.07, 6.45) is 2.90. The average molecular weight is 222 g/mol. The Hall–Kier alpha value is -1.09. The van der Waals surface area contributed by atoms with Crippen LogP contribution in [0.25, 0.3) is 0 Å². The van der Waals surface area contributed by atoms with Gasteiger partial charge in [-0.05, 0) is 25.1 Å². The first-order valence-corrected chi connectivity index (χ1v) is 5.87. The lowest BCUT2D eigenvalue weighted by molar-refractivity contribution is 0.400. The number of rotatable bonds is 6. The van der Waals surface area contributed by atoms with Crippen LogP contribution < -0.4 is 10.1 Å². The van der Waals surface area contributed by atoms with E-state index < -0.39 is 0 Å². The minimum absolute atomic E-state index is 0.419. The third-order valence-corrected chi connectivity index (χ3v) is 2.62. The molecule has 0 amide bonds. The third kappa shape index (κ3) is 3.81. The first-order chi connectivity index (χ1) is 7.65. The maximum atomic E-state index is 5.31. The van der Waals surface area contributed by atoms with Crippen molar-refractivity contribution in [3.8, 4) is 5.75 Å². The summed E-state index contributed by atoms with van der Waals surface area (Å²) in [4.78, 5) is 4.39. The smallest absolute Gasteiger partial charge is 0.140 e. The Labute approximate surface area is 98.2 Å². The van der Waals surface area contributed by atoms with E-state index in [2.05, 4.69) is 31.1 Å². The Balaban J connectivity index is 2.55. The summed E-state index contributed by atoms with van der Waals surface area (Å²) in [5.74, 6) is 1.31. The molecule has 0 aromatic carbocycles. The monoisotopic (exact) mass is 222 g/mol. The molecule has 3 heteroatoms. The highest BCUT2D eigenvalue weighted by Gasteiger charge is 2.12. The maximum Gasteiger partial charge on any atom is 0.140 e. The molecule has 90 valence electrons. The normalized spacial score (nSPS) is 12.8. The second kappa shape index (κ2) is 6.48. The Morgan fingerprint density at radius 3 is 2.75 bits per heavy atom. The Morgan fingerprint density at radius 2 is 2.12 bits per heavy atom. The third-order valence-electron chi connectivity index (χ3n) is 2.62. The number of nitrogens with one attached hydrogen (secondary N) is 1. The van der Waals surface area contributed by atoms with E-state index in [1.165, 1.54) is 0 Å². The summed E-state index contributed by atoms with van der Waals surface area (Å²) in [7, 11) is 1.69. The molecule has 3 nitrogen and oxygen atoms in total. The van der Waals surface area contributed by atoms with Crippen LogP contribution in [0.3, 0.4) is 0 Å². The molecule has 1 rings (SSSR count). The molecule has 0 spiro atoms. The van der Waals surface area contributed by atoms with Gasteiger partial charge in [-0.15, -0.1) is 0 Å². The maximum absolute atomic E-state index is 5.31. The number of hydrogen-bond acceptors (Lipinski definition) is 3. The lowest BCUT2D eigenvalue weighted by atomic mass is 10.0. The quantitative estimate of drug-likeness (QED) is 0.803. The molecule has 1 unspecified atom stereocenters. The van der Waals surface area contributed by atoms with E-state index in [-0.39, 0.29) is 0 Å². The van der Waals surface area contributed by atoms with Gasteiger partial charge in [-0.1, -0.05) is 20.8 Å². The fourth-order valence-corrected chi connectivity index (χ4v) is 1.67. The lowest BCUT2D eigenvalue weighted by Crippen LogP contribution is -2.24. The van der Waals surface area contributed by atoms with E-state index in [4.69, 9.17) is 4.74 Å². The van der Waals surface area contributed by atoms with Gasteiger partial charge in [0.05, 0.1) is 12.8 Å². The standard InChI is InChI=1S/C13H22N2O/c1-10(2)14-9-7-11(3)13-12(16-4)6-5-8-15-13/h5-6,8,10-11,14H,7,9H2,1-4H3. The fourth-order valence-electron chi connectivity index (χ4n) is 1.67. The molecule has 0 fully saturated rings. The van der Waals surface area contributed by atoms with Gasteiger partial charge >= 0.3 is 0 Å². The largest absolute Gasteiger partial charge is 0.495 e. The topological polar surface area (TPSA) is 34.1 Å². The minimum Gasteiger partial charge on any atom is -0.495 e. The van der Waals surface area contributed by atoms with Crippen molar-refractivity contribution in [1.82, 2.24) is 10.3 Å². The van der Waals surface area contributed by atoms with Gasteiger partial charge in [-0.2, -0.15) is 0 Å².